The molecule has 0 bridgehead atoms. The Hall–Kier alpha value is -2.65. The van der Waals surface area contributed by atoms with Gasteiger partial charge in [0.05, 0.1) is 30.3 Å². The van der Waals surface area contributed by atoms with Gasteiger partial charge in [-0.15, -0.1) is 0 Å². The van der Waals surface area contributed by atoms with Crippen molar-refractivity contribution in [1.82, 2.24) is 4.90 Å². The van der Waals surface area contributed by atoms with Gasteiger partial charge < -0.3 is 14.7 Å². The molecule has 2 rings (SSSR count). The molecule has 6 nitrogen and oxygen atoms in total. The summed E-state index contributed by atoms with van der Waals surface area (Å²) in [6.45, 7) is 3.84. The molecule has 1 fully saturated rings. The summed E-state index contributed by atoms with van der Waals surface area (Å²) < 4.78 is 5.28. The summed E-state index contributed by atoms with van der Waals surface area (Å²) in [6, 6.07) is 8.85. The molecule has 1 unspecified atom stereocenters. The van der Waals surface area contributed by atoms with Crippen LogP contribution >= 0.6 is 0 Å². The Morgan fingerprint density at radius 1 is 1.39 bits per heavy atom. The highest BCUT2D eigenvalue weighted by Crippen LogP contribution is 2.23. The fraction of sp³-hybridized carbons (Fsp3) is 0.353. The third kappa shape index (κ3) is 3.96. The summed E-state index contributed by atoms with van der Waals surface area (Å²) in [5.74, 6) is -1.34. The summed E-state index contributed by atoms with van der Waals surface area (Å²) in [5, 5.41) is 17.8. The summed E-state index contributed by atoms with van der Waals surface area (Å²) in [4.78, 5) is 25.0. The first-order chi connectivity index (χ1) is 10.8. The maximum Gasteiger partial charge on any atom is 0.334 e. The number of amides is 1. The average Bonchev–Trinajstić information content (AvgIpc) is 2.52. The van der Waals surface area contributed by atoms with Gasteiger partial charge in [0.2, 0.25) is 5.91 Å². The third-order valence-electron chi connectivity index (χ3n) is 3.72. The predicted octanol–water partition coefficient (Wildman–Crippen LogP) is 1.66. The number of carbonyl (C=O) groups excluding carboxylic acids is 1. The number of aliphatic carboxylic acids is 1. The van der Waals surface area contributed by atoms with Gasteiger partial charge in [-0.3, -0.25) is 4.79 Å². The van der Waals surface area contributed by atoms with E-state index >= 15 is 0 Å². The van der Waals surface area contributed by atoms with E-state index in [4.69, 9.17) is 15.1 Å². The van der Waals surface area contributed by atoms with Gasteiger partial charge in [0.15, 0.2) is 6.10 Å². The zero-order valence-corrected chi connectivity index (χ0v) is 13.0. The molecule has 1 N–H and O–H groups in total. The first-order valence-electron chi connectivity index (χ1n) is 7.18. The summed E-state index contributed by atoms with van der Waals surface area (Å²) >= 11 is 0. The minimum absolute atomic E-state index is 0.0128. The van der Waals surface area contributed by atoms with Crippen molar-refractivity contribution in [3.63, 3.8) is 0 Å². The van der Waals surface area contributed by atoms with Gasteiger partial charge >= 0.3 is 5.97 Å². The molecule has 6 heteroatoms. The van der Waals surface area contributed by atoms with Gasteiger partial charge in [-0.05, 0) is 37.6 Å². The number of hydrogen-bond donors (Lipinski definition) is 1. The van der Waals surface area contributed by atoms with E-state index in [0.717, 1.165) is 5.56 Å². The van der Waals surface area contributed by atoms with E-state index in [1.807, 2.05) is 19.9 Å². The van der Waals surface area contributed by atoms with Gasteiger partial charge in [0.1, 0.15) is 0 Å². The lowest BCUT2D eigenvalue weighted by Crippen LogP contribution is -2.59. The number of carbonyl (C=O) groups is 2. The van der Waals surface area contributed by atoms with E-state index < -0.39 is 17.6 Å². The highest BCUT2D eigenvalue weighted by atomic mass is 16.5. The van der Waals surface area contributed by atoms with Crippen molar-refractivity contribution in [1.29, 1.82) is 5.26 Å². The van der Waals surface area contributed by atoms with Crippen LogP contribution in [0.15, 0.2) is 30.3 Å². The van der Waals surface area contributed by atoms with Crippen LogP contribution in [-0.4, -0.2) is 46.7 Å². The monoisotopic (exact) mass is 314 g/mol. The molecule has 120 valence electrons. The van der Waals surface area contributed by atoms with Crippen molar-refractivity contribution in [2.45, 2.75) is 25.5 Å². The van der Waals surface area contributed by atoms with Crippen LogP contribution in [0, 0.1) is 11.3 Å². The van der Waals surface area contributed by atoms with Crippen LogP contribution in [-0.2, 0) is 14.3 Å². The molecule has 0 radical (unpaired) electrons. The fourth-order valence-electron chi connectivity index (χ4n) is 2.31. The molecule has 0 saturated carbocycles. The number of ether oxygens (including phenoxy) is 1. The Kier molecular flexibility index (Phi) is 4.82. The molecule has 1 heterocycles. The van der Waals surface area contributed by atoms with Gasteiger partial charge in [-0.2, -0.15) is 5.26 Å². The zero-order chi connectivity index (χ0) is 17.0. The molecule has 1 atom stereocenters. The molecule has 0 aliphatic carbocycles. The first kappa shape index (κ1) is 16.7. The molecule has 1 aliphatic rings. The highest BCUT2D eigenvalue weighted by molar-refractivity contribution is 5.92. The number of nitrogens with zero attached hydrogens (tertiary/aromatic N) is 2. The quantitative estimate of drug-likeness (QED) is 0.857. The highest BCUT2D eigenvalue weighted by Gasteiger charge is 2.39. The Balaban J connectivity index is 2.12. The van der Waals surface area contributed by atoms with E-state index in [9.17, 15) is 9.59 Å². The Morgan fingerprint density at radius 3 is 2.61 bits per heavy atom. The molecule has 0 aromatic heterocycles. The van der Waals surface area contributed by atoms with Crippen LogP contribution in [0.1, 0.15) is 25.0 Å². The van der Waals surface area contributed by atoms with Crippen LogP contribution < -0.4 is 0 Å². The number of rotatable bonds is 3. The maximum atomic E-state index is 12.4. The van der Waals surface area contributed by atoms with Crippen LogP contribution in [0.3, 0.4) is 0 Å². The lowest BCUT2D eigenvalue weighted by molar-refractivity contribution is -0.169. The minimum atomic E-state index is -1.07. The van der Waals surface area contributed by atoms with Crippen LogP contribution in [0.25, 0.3) is 6.08 Å². The smallest absolute Gasteiger partial charge is 0.334 e. The maximum absolute atomic E-state index is 12.4. The predicted molar refractivity (Wildman–Crippen MR) is 83.4 cm³/mol. The molecule has 1 saturated heterocycles. The number of carboxylic acid groups (broad SMARTS) is 1. The summed E-state index contributed by atoms with van der Waals surface area (Å²) in [6.07, 6.45) is 2.05. The summed E-state index contributed by atoms with van der Waals surface area (Å²) in [5.41, 5.74) is 0.767. The second kappa shape index (κ2) is 6.63. The van der Waals surface area contributed by atoms with E-state index in [0.29, 0.717) is 5.56 Å². The molecular weight excluding hydrogens is 296 g/mol. The molecular formula is C17H18N2O4. The Bertz CT molecular complexity index is 671. The number of carboxylic acids is 1. The van der Waals surface area contributed by atoms with Crippen molar-refractivity contribution in [2.75, 3.05) is 13.2 Å². The second-order valence-corrected chi connectivity index (χ2v) is 5.97. The van der Waals surface area contributed by atoms with E-state index in [-0.39, 0.29) is 19.1 Å². The first-order valence-corrected chi connectivity index (χ1v) is 7.18. The normalized spacial score (nSPS) is 20.2. The standard InChI is InChI=1S/C17H18N2O4/c1-17(2)11-23-14(16(21)22)10-19(17)15(20)8-7-12-3-5-13(9-18)6-4-12/h3-8,14H,10-11H2,1-2H3,(H,21,22)/b8-7+. The van der Waals surface area contributed by atoms with Crippen molar-refractivity contribution in [2.24, 2.45) is 0 Å². The van der Waals surface area contributed by atoms with Crippen molar-refractivity contribution in [3.8, 4) is 6.07 Å². The average molecular weight is 314 g/mol. The topological polar surface area (TPSA) is 90.6 Å². The molecule has 1 aromatic carbocycles. The van der Waals surface area contributed by atoms with Gasteiger partial charge in [0.25, 0.3) is 0 Å². The lowest BCUT2D eigenvalue weighted by atomic mass is 10.0. The third-order valence-corrected chi connectivity index (χ3v) is 3.72. The largest absolute Gasteiger partial charge is 0.479 e. The molecule has 1 amide bonds. The second-order valence-electron chi connectivity index (χ2n) is 5.97. The molecule has 23 heavy (non-hydrogen) atoms. The van der Waals surface area contributed by atoms with Crippen LogP contribution in [0.5, 0.6) is 0 Å². The van der Waals surface area contributed by atoms with Crippen LogP contribution in [0.4, 0.5) is 0 Å². The van der Waals surface area contributed by atoms with Crippen molar-refractivity contribution in [3.05, 3.63) is 41.5 Å². The van der Waals surface area contributed by atoms with Gasteiger partial charge in [-0.25, -0.2) is 4.79 Å². The van der Waals surface area contributed by atoms with Crippen molar-refractivity contribution < 1.29 is 19.4 Å². The van der Waals surface area contributed by atoms with E-state index in [1.165, 1.54) is 11.0 Å². The molecule has 0 spiro atoms. The molecule has 1 aromatic rings. The number of benzene rings is 1. The molecule has 1 aliphatic heterocycles. The lowest BCUT2D eigenvalue weighted by Gasteiger charge is -2.43. The number of morpholine rings is 1. The van der Waals surface area contributed by atoms with Crippen LogP contribution in [0.2, 0.25) is 0 Å². The Morgan fingerprint density at radius 2 is 2.04 bits per heavy atom. The minimum Gasteiger partial charge on any atom is -0.479 e. The summed E-state index contributed by atoms with van der Waals surface area (Å²) in [7, 11) is 0. The number of nitriles is 1. The number of hydrogen-bond acceptors (Lipinski definition) is 4. The van der Waals surface area contributed by atoms with E-state index in [1.54, 1.807) is 30.3 Å². The van der Waals surface area contributed by atoms with Gasteiger partial charge in [-0.1, -0.05) is 12.1 Å². The fourth-order valence-corrected chi connectivity index (χ4v) is 2.31. The van der Waals surface area contributed by atoms with Crippen molar-refractivity contribution >= 4 is 18.0 Å². The zero-order valence-electron chi connectivity index (χ0n) is 13.0. The SMILES string of the molecule is CC1(C)COC(C(=O)O)CN1C(=O)/C=C/c1ccc(C#N)cc1. The van der Waals surface area contributed by atoms with E-state index in [2.05, 4.69) is 0 Å². The van der Waals surface area contributed by atoms with Gasteiger partial charge in [0, 0.05) is 6.08 Å². The Labute approximate surface area is 134 Å².